The zero-order valence-electron chi connectivity index (χ0n) is 17.1. The van der Waals surface area contributed by atoms with Gasteiger partial charge in [-0.3, -0.25) is 9.59 Å². The second kappa shape index (κ2) is 12.7. The van der Waals surface area contributed by atoms with Crippen LogP contribution in [-0.2, 0) is 33.3 Å². The van der Waals surface area contributed by atoms with Crippen molar-refractivity contribution in [2.75, 3.05) is 20.3 Å². The summed E-state index contributed by atoms with van der Waals surface area (Å²) in [7, 11) is 1.04. The molecule has 0 spiro atoms. The van der Waals surface area contributed by atoms with Gasteiger partial charge in [0.05, 0.1) is 7.11 Å². The van der Waals surface area contributed by atoms with Gasteiger partial charge in [0, 0.05) is 9.82 Å². The van der Waals surface area contributed by atoms with E-state index in [2.05, 4.69) is 30.1 Å². The molecule has 0 aromatic carbocycles. The van der Waals surface area contributed by atoms with Crippen molar-refractivity contribution in [3.63, 3.8) is 0 Å². The molecule has 30 heavy (non-hydrogen) atoms. The molecule has 0 aliphatic carbocycles. The molecule has 0 aliphatic rings. The maximum absolute atomic E-state index is 12.0. The first-order valence-corrected chi connectivity index (χ1v) is 8.44. The average molecular weight is 429 g/mol. The second-order valence-electron chi connectivity index (χ2n) is 6.59. The molecule has 15 heteroatoms. The largest absolute Gasteiger partial charge is 0.469 e. The van der Waals surface area contributed by atoms with Gasteiger partial charge in [0.2, 0.25) is 0 Å². The Morgan fingerprint density at radius 1 is 0.933 bits per heavy atom. The van der Waals surface area contributed by atoms with Gasteiger partial charge in [0.15, 0.2) is 12.1 Å². The van der Waals surface area contributed by atoms with Crippen LogP contribution in [0.3, 0.4) is 0 Å². The van der Waals surface area contributed by atoms with Crippen molar-refractivity contribution in [2.45, 2.75) is 51.4 Å². The summed E-state index contributed by atoms with van der Waals surface area (Å²) in [4.78, 5) is 51.9. The number of hydrogen-bond donors (Lipinski definition) is 1. The minimum atomic E-state index is -1.59. The number of carbonyl (C=O) groups excluding carboxylic acids is 4. The van der Waals surface area contributed by atoms with Gasteiger partial charge in [0.25, 0.3) is 0 Å². The highest BCUT2D eigenvalue weighted by Crippen LogP contribution is 2.07. The summed E-state index contributed by atoms with van der Waals surface area (Å²) in [5.74, 6) is -3.03. The Bertz CT molecular complexity index is 738. The normalized spacial score (nSPS) is 13.2. The number of ether oxygens (including phenoxy) is 4. The molecule has 0 bridgehead atoms. The molecular formula is C15H23N7O8. The van der Waals surface area contributed by atoms with Crippen LogP contribution in [0.2, 0.25) is 0 Å². The Balaban J connectivity index is 4.80. The van der Waals surface area contributed by atoms with Crippen molar-refractivity contribution in [1.82, 2.24) is 5.32 Å². The van der Waals surface area contributed by atoms with Gasteiger partial charge >= 0.3 is 24.0 Å². The van der Waals surface area contributed by atoms with Crippen LogP contribution in [-0.4, -0.2) is 68.1 Å². The third-order valence-corrected chi connectivity index (χ3v) is 2.98. The number of amides is 1. The number of carbonyl (C=O) groups is 4. The highest BCUT2D eigenvalue weighted by atomic mass is 16.6. The van der Waals surface area contributed by atoms with Crippen LogP contribution in [0.1, 0.15) is 27.7 Å². The van der Waals surface area contributed by atoms with Crippen LogP contribution in [0, 0.1) is 0 Å². The lowest BCUT2D eigenvalue weighted by Gasteiger charge is -2.21. The van der Waals surface area contributed by atoms with Crippen LogP contribution >= 0.6 is 0 Å². The van der Waals surface area contributed by atoms with E-state index in [1.54, 1.807) is 20.8 Å². The number of alkyl carbamates (subject to hydrolysis) is 1. The minimum absolute atomic E-state index is 0.683. The quantitative estimate of drug-likeness (QED) is 0.176. The van der Waals surface area contributed by atoms with Gasteiger partial charge in [0.1, 0.15) is 24.9 Å². The topological polar surface area (TPSA) is 215 Å². The summed E-state index contributed by atoms with van der Waals surface area (Å²) in [6.45, 7) is 4.84. The van der Waals surface area contributed by atoms with Gasteiger partial charge < -0.3 is 24.3 Å². The Morgan fingerprint density at radius 2 is 1.40 bits per heavy atom. The molecule has 0 aromatic rings. The SMILES string of the molecule is COC(=O)[C@H](COC(=O)[C@H](COC(=O)[C@H](C)NC(=O)OC(C)(C)C)N=[N+]=[N-])N=[N+]=[N-]. The van der Waals surface area contributed by atoms with E-state index < -0.39 is 60.9 Å². The summed E-state index contributed by atoms with van der Waals surface area (Å²) in [6, 6.07) is -4.16. The van der Waals surface area contributed by atoms with Crippen LogP contribution in [0.5, 0.6) is 0 Å². The van der Waals surface area contributed by atoms with Crippen molar-refractivity contribution < 1.29 is 38.1 Å². The smallest absolute Gasteiger partial charge is 0.408 e. The molecule has 0 fully saturated rings. The van der Waals surface area contributed by atoms with E-state index in [0.29, 0.717) is 0 Å². The zero-order chi connectivity index (χ0) is 23.3. The Morgan fingerprint density at radius 3 is 1.83 bits per heavy atom. The third-order valence-electron chi connectivity index (χ3n) is 2.98. The molecule has 0 rings (SSSR count). The first kappa shape index (κ1) is 26.3. The van der Waals surface area contributed by atoms with Crippen molar-refractivity contribution in [3.05, 3.63) is 20.9 Å². The van der Waals surface area contributed by atoms with E-state index in [-0.39, 0.29) is 0 Å². The van der Waals surface area contributed by atoms with Gasteiger partial charge in [-0.15, -0.1) is 0 Å². The zero-order valence-corrected chi connectivity index (χ0v) is 17.1. The number of azide groups is 2. The number of nitrogens with one attached hydrogen (secondary N) is 1. The second-order valence-corrected chi connectivity index (χ2v) is 6.59. The lowest BCUT2D eigenvalue weighted by atomic mass is 10.2. The van der Waals surface area contributed by atoms with Crippen molar-refractivity contribution in [1.29, 1.82) is 0 Å². The van der Waals surface area contributed by atoms with Crippen LogP contribution in [0.25, 0.3) is 20.9 Å². The van der Waals surface area contributed by atoms with E-state index in [0.717, 1.165) is 7.11 Å². The monoisotopic (exact) mass is 429 g/mol. The summed E-state index contributed by atoms with van der Waals surface area (Å²) >= 11 is 0. The van der Waals surface area contributed by atoms with Crippen LogP contribution in [0.4, 0.5) is 4.79 Å². The third kappa shape index (κ3) is 10.6. The summed E-state index contributed by atoms with van der Waals surface area (Å²) in [6.07, 6.45) is -0.857. The van der Waals surface area contributed by atoms with E-state index in [4.69, 9.17) is 25.3 Å². The summed E-state index contributed by atoms with van der Waals surface area (Å²) in [5.41, 5.74) is 16.2. The lowest BCUT2D eigenvalue weighted by Crippen LogP contribution is -2.43. The maximum atomic E-state index is 12.0. The first-order chi connectivity index (χ1) is 13.9. The standard InChI is InChI=1S/C15H23N7O8/c1-8(18-14(26)30-15(2,3)4)11(23)28-7-10(20-22-17)13(25)29-6-9(19-21-16)12(24)27-5/h8-10H,6-7H2,1-5H3,(H,18,26)/t8-,9-,10-/m0/s1. The van der Waals surface area contributed by atoms with E-state index >= 15 is 0 Å². The van der Waals surface area contributed by atoms with Gasteiger partial charge in [-0.1, -0.05) is 10.2 Å². The molecule has 0 heterocycles. The van der Waals surface area contributed by atoms with Gasteiger partial charge in [-0.2, -0.15) is 0 Å². The Kier molecular flexibility index (Phi) is 11.1. The molecule has 0 radical (unpaired) electrons. The molecule has 0 aromatic heterocycles. The fraction of sp³-hybridized carbons (Fsp3) is 0.733. The number of hydrogen-bond acceptors (Lipinski definition) is 10. The number of rotatable bonds is 10. The number of methoxy groups -OCH3 is 1. The summed E-state index contributed by atoms with van der Waals surface area (Å²) in [5, 5.41) is 8.50. The van der Waals surface area contributed by atoms with E-state index in [9.17, 15) is 19.2 Å². The van der Waals surface area contributed by atoms with Crippen LogP contribution < -0.4 is 5.32 Å². The molecule has 166 valence electrons. The minimum Gasteiger partial charge on any atom is -0.469 e. The maximum Gasteiger partial charge on any atom is 0.408 e. The lowest BCUT2D eigenvalue weighted by molar-refractivity contribution is -0.153. The van der Waals surface area contributed by atoms with Crippen LogP contribution in [0.15, 0.2) is 10.2 Å². The number of nitrogens with zero attached hydrogens (tertiary/aromatic N) is 6. The highest BCUT2D eigenvalue weighted by molar-refractivity contribution is 5.82. The van der Waals surface area contributed by atoms with Crippen molar-refractivity contribution in [3.8, 4) is 0 Å². The fourth-order valence-electron chi connectivity index (χ4n) is 1.64. The molecular weight excluding hydrogens is 406 g/mol. The van der Waals surface area contributed by atoms with E-state index in [1.807, 2.05) is 0 Å². The highest BCUT2D eigenvalue weighted by Gasteiger charge is 2.27. The predicted octanol–water partition coefficient (Wildman–Crippen LogP) is 1.52. The first-order valence-electron chi connectivity index (χ1n) is 8.44. The molecule has 1 amide bonds. The molecule has 0 unspecified atom stereocenters. The summed E-state index contributed by atoms with van der Waals surface area (Å²) < 4.78 is 19.0. The Hall–Kier alpha value is -3.70. The average Bonchev–Trinajstić information content (AvgIpc) is 2.65. The van der Waals surface area contributed by atoms with Gasteiger partial charge in [-0.05, 0) is 38.8 Å². The molecule has 15 nitrogen and oxygen atoms in total. The molecule has 0 saturated carbocycles. The van der Waals surface area contributed by atoms with Crippen molar-refractivity contribution in [2.24, 2.45) is 10.2 Å². The fourth-order valence-corrected chi connectivity index (χ4v) is 1.64. The van der Waals surface area contributed by atoms with Gasteiger partial charge in [-0.25, -0.2) is 9.59 Å². The van der Waals surface area contributed by atoms with Crippen molar-refractivity contribution >= 4 is 24.0 Å². The molecule has 3 atom stereocenters. The molecule has 0 saturated heterocycles. The Labute approximate surface area is 171 Å². The number of esters is 3. The molecule has 1 N–H and O–H groups in total. The predicted molar refractivity (Wildman–Crippen MR) is 98.6 cm³/mol. The van der Waals surface area contributed by atoms with E-state index in [1.165, 1.54) is 6.92 Å². The molecule has 0 aliphatic heterocycles.